The van der Waals surface area contributed by atoms with Crippen LogP contribution in [0.4, 0.5) is 0 Å². The van der Waals surface area contributed by atoms with E-state index < -0.39 is 0 Å². The molecule has 0 aliphatic carbocycles. The van der Waals surface area contributed by atoms with Crippen LogP contribution in [0.5, 0.6) is 0 Å². The number of nitrogens with one attached hydrogen (secondary N) is 2. The average Bonchev–Trinajstić information content (AvgIpc) is 2.49. The first-order valence-corrected chi connectivity index (χ1v) is 7.26. The number of benzene rings is 2. The van der Waals surface area contributed by atoms with Gasteiger partial charge in [0.2, 0.25) is 0 Å². The smallest absolute Gasteiger partial charge is 0.0364 e. The zero-order valence-electron chi connectivity index (χ0n) is 11.5. The van der Waals surface area contributed by atoms with Crippen LogP contribution in [0, 0.1) is 5.92 Å². The standard InChI is InChI=1S/C17H22N2/c1-18-17(14-8-5-11-19-12-14)16-10-4-7-13-6-2-3-9-15(13)16/h2-4,6-7,9-10,14,17-19H,5,8,11-12H2,1H3. The van der Waals surface area contributed by atoms with E-state index in [4.69, 9.17) is 0 Å². The van der Waals surface area contributed by atoms with Crippen molar-refractivity contribution in [3.63, 3.8) is 0 Å². The predicted octanol–water partition coefficient (Wildman–Crippen LogP) is 3.10. The van der Waals surface area contributed by atoms with Crippen molar-refractivity contribution >= 4 is 10.8 Å². The van der Waals surface area contributed by atoms with Crippen LogP contribution < -0.4 is 10.6 Å². The van der Waals surface area contributed by atoms with Gasteiger partial charge in [0.05, 0.1) is 0 Å². The summed E-state index contributed by atoms with van der Waals surface area (Å²) in [4.78, 5) is 0. The SMILES string of the molecule is CNC(c1cccc2ccccc12)C1CCCNC1. The molecule has 1 saturated heterocycles. The Morgan fingerprint density at radius 1 is 1.16 bits per heavy atom. The second kappa shape index (κ2) is 5.72. The van der Waals surface area contributed by atoms with Crippen molar-refractivity contribution in [1.82, 2.24) is 10.6 Å². The van der Waals surface area contributed by atoms with E-state index in [0.29, 0.717) is 12.0 Å². The van der Waals surface area contributed by atoms with Gasteiger partial charge in [-0.25, -0.2) is 0 Å². The summed E-state index contributed by atoms with van der Waals surface area (Å²) >= 11 is 0. The Balaban J connectivity index is 2.00. The second-order valence-electron chi connectivity index (χ2n) is 5.44. The largest absolute Gasteiger partial charge is 0.316 e. The summed E-state index contributed by atoms with van der Waals surface area (Å²) in [7, 11) is 2.08. The van der Waals surface area contributed by atoms with E-state index in [0.717, 1.165) is 6.54 Å². The van der Waals surface area contributed by atoms with Gasteiger partial charge < -0.3 is 10.6 Å². The molecule has 0 saturated carbocycles. The summed E-state index contributed by atoms with van der Waals surface area (Å²) in [5.41, 5.74) is 1.44. The minimum atomic E-state index is 0.443. The lowest BCUT2D eigenvalue weighted by Gasteiger charge is -2.31. The van der Waals surface area contributed by atoms with Crippen molar-refractivity contribution in [2.75, 3.05) is 20.1 Å². The van der Waals surface area contributed by atoms with E-state index in [1.165, 1.54) is 35.7 Å². The third-order valence-corrected chi connectivity index (χ3v) is 4.28. The first kappa shape index (κ1) is 12.6. The molecule has 2 N–H and O–H groups in total. The summed E-state index contributed by atoms with van der Waals surface area (Å²) < 4.78 is 0. The van der Waals surface area contributed by atoms with Crippen LogP contribution in [0.15, 0.2) is 42.5 Å². The molecule has 0 radical (unpaired) electrons. The highest BCUT2D eigenvalue weighted by molar-refractivity contribution is 5.86. The van der Waals surface area contributed by atoms with Gasteiger partial charge in [-0.05, 0) is 55.2 Å². The van der Waals surface area contributed by atoms with Gasteiger partial charge >= 0.3 is 0 Å². The first-order valence-electron chi connectivity index (χ1n) is 7.26. The molecule has 1 aliphatic heterocycles. The Morgan fingerprint density at radius 3 is 2.79 bits per heavy atom. The highest BCUT2D eigenvalue weighted by Crippen LogP contribution is 2.31. The van der Waals surface area contributed by atoms with Crippen molar-refractivity contribution in [1.29, 1.82) is 0 Å². The molecular weight excluding hydrogens is 232 g/mol. The molecule has 1 fully saturated rings. The highest BCUT2D eigenvalue weighted by atomic mass is 14.9. The van der Waals surface area contributed by atoms with Crippen LogP contribution in [0.25, 0.3) is 10.8 Å². The summed E-state index contributed by atoms with van der Waals surface area (Å²) in [6.07, 6.45) is 2.59. The van der Waals surface area contributed by atoms with Crippen LogP contribution in [-0.2, 0) is 0 Å². The van der Waals surface area contributed by atoms with Crippen molar-refractivity contribution in [3.05, 3.63) is 48.0 Å². The summed E-state index contributed by atoms with van der Waals surface area (Å²) in [6, 6.07) is 15.8. The fourth-order valence-electron chi connectivity index (χ4n) is 3.33. The normalized spacial score (nSPS) is 21.4. The van der Waals surface area contributed by atoms with Gasteiger partial charge in [0.15, 0.2) is 0 Å². The molecule has 1 aliphatic rings. The van der Waals surface area contributed by atoms with Crippen LogP contribution in [-0.4, -0.2) is 20.1 Å². The van der Waals surface area contributed by atoms with Crippen molar-refractivity contribution in [2.24, 2.45) is 5.92 Å². The van der Waals surface area contributed by atoms with E-state index in [2.05, 4.69) is 60.1 Å². The minimum absolute atomic E-state index is 0.443. The molecule has 2 unspecified atom stereocenters. The third-order valence-electron chi connectivity index (χ3n) is 4.28. The van der Waals surface area contributed by atoms with Crippen molar-refractivity contribution < 1.29 is 0 Å². The topological polar surface area (TPSA) is 24.1 Å². The Hall–Kier alpha value is -1.38. The molecule has 0 aromatic heterocycles. The molecule has 1 heterocycles. The highest BCUT2D eigenvalue weighted by Gasteiger charge is 2.24. The molecule has 0 spiro atoms. The zero-order valence-corrected chi connectivity index (χ0v) is 11.5. The van der Waals surface area contributed by atoms with E-state index in [1.807, 2.05) is 0 Å². The number of hydrogen-bond acceptors (Lipinski definition) is 2. The molecule has 2 heteroatoms. The lowest BCUT2D eigenvalue weighted by molar-refractivity contribution is 0.299. The number of piperidine rings is 1. The maximum atomic E-state index is 3.54. The number of hydrogen-bond donors (Lipinski definition) is 2. The Bertz CT molecular complexity index is 538. The Morgan fingerprint density at radius 2 is 2.00 bits per heavy atom. The van der Waals surface area contributed by atoms with Crippen LogP contribution in [0.1, 0.15) is 24.4 Å². The van der Waals surface area contributed by atoms with Crippen LogP contribution >= 0.6 is 0 Å². The first-order chi connectivity index (χ1) is 9.40. The Kier molecular flexibility index (Phi) is 3.81. The second-order valence-corrected chi connectivity index (χ2v) is 5.44. The van der Waals surface area contributed by atoms with E-state index in [1.54, 1.807) is 0 Å². The molecule has 2 atom stereocenters. The van der Waals surface area contributed by atoms with Gasteiger partial charge in [-0.3, -0.25) is 0 Å². The summed E-state index contributed by atoms with van der Waals surface area (Å²) in [5.74, 6) is 0.685. The van der Waals surface area contributed by atoms with Gasteiger partial charge in [-0.15, -0.1) is 0 Å². The lowest BCUT2D eigenvalue weighted by Crippen LogP contribution is -2.37. The van der Waals surface area contributed by atoms with Crippen LogP contribution in [0.3, 0.4) is 0 Å². The zero-order chi connectivity index (χ0) is 13.1. The van der Waals surface area contributed by atoms with Gasteiger partial charge in [0.1, 0.15) is 0 Å². The maximum Gasteiger partial charge on any atom is 0.0364 e. The summed E-state index contributed by atoms with van der Waals surface area (Å²) in [5, 5.41) is 9.79. The fourth-order valence-corrected chi connectivity index (χ4v) is 3.33. The number of rotatable bonds is 3. The predicted molar refractivity (Wildman–Crippen MR) is 81.3 cm³/mol. The van der Waals surface area contributed by atoms with Gasteiger partial charge in [-0.2, -0.15) is 0 Å². The van der Waals surface area contributed by atoms with E-state index in [9.17, 15) is 0 Å². The third kappa shape index (κ3) is 2.51. The monoisotopic (exact) mass is 254 g/mol. The molecule has 2 nitrogen and oxygen atoms in total. The van der Waals surface area contributed by atoms with Crippen molar-refractivity contribution in [3.8, 4) is 0 Å². The minimum Gasteiger partial charge on any atom is -0.316 e. The molecule has 2 aromatic carbocycles. The average molecular weight is 254 g/mol. The fraction of sp³-hybridized carbons (Fsp3) is 0.412. The molecule has 2 aromatic rings. The van der Waals surface area contributed by atoms with Crippen molar-refractivity contribution in [2.45, 2.75) is 18.9 Å². The molecule has 100 valence electrons. The van der Waals surface area contributed by atoms with Gasteiger partial charge in [0, 0.05) is 6.04 Å². The van der Waals surface area contributed by atoms with E-state index in [-0.39, 0.29) is 0 Å². The lowest BCUT2D eigenvalue weighted by atomic mass is 9.85. The summed E-state index contributed by atoms with van der Waals surface area (Å²) in [6.45, 7) is 2.29. The van der Waals surface area contributed by atoms with Crippen LogP contribution in [0.2, 0.25) is 0 Å². The maximum absolute atomic E-state index is 3.54. The molecule has 19 heavy (non-hydrogen) atoms. The van der Waals surface area contributed by atoms with Gasteiger partial charge in [0.25, 0.3) is 0 Å². The molecule has 0 bridgehead atoms. The number of fused-ring (bicyclic) bond motifs is 1. The quantitative estimate of drug-likeness (QED) is 0.879. The van der Waals surface area contributed by atoms with Gasteiger partial charge in [-0.1, -0.05) is 42.5 Å². The Labute approximate surface area is 115 Å². The molecular formula is C17H22N2. The molecule has 0 amide bonds. The van der Waals surface area contributed by atoms with E-state index >= 15 is 0 Å². The molecule has 3 rings (SSSR count).